The fraction of sp³-hybridized carbons (Fsp3) is 0.286. The Bertz CT molecular complexity index is 375. The molecule has 0 saturated heterocycles. The second-order valence-electron chi connectivity index (χ2n) is 2.33. The zero-order valence-corrected chi connectivity index (χ0v) is 8.33. The molecule has 66 valence electrons. The van der Waals surface area contributed by atoms with E-state index >= 15 is 0 Å². The molecule has 0 aromatic carbocycles. The Kier molecular flexibility index (Phi) is 2.55. The third kappa shape index (κ3) is 1.68. The van der Waals surface area contributed by atoms with Gasteiger partial charge in [0, 0.05) is 9.75 Å². The number of rotatable bonds is 2. The average molecular weight is 204 g/mol. The lowest BCUT2D eigenvalue weighted by atomic mass is 10.4. The largest absolute Gasteiger partial charge is 0.298 e. The topological polar surface area (TPSA) is 43.4 Å². The summed E-state index contributed by atoms with van der Waals surface area (Å²) < 4.78 is 26.1. The highest BCUT2D eigenvalue weighted by Crippen LogP contribution is 2.25. The molecular formula is C7H8O3S2. The SMILES string of the molecule is [CH]OS(=O)(=O)c1cc(C)sc1C. The van der Waals surface area contributed by atoms with Gasteiger partial charge in [-0.3, -0.25) is 4.18 Å². The quantitative estimate of drug-likeness (QED) is 0.689. The van der Waals surface area contributed by atoms with Crippen molar-refractivity contribution in [2.75, 3.05) is 0 Å². The molecule has 1 heterocycles. The van der Waals surface area contributed by atoms with Crippen LogP contribution in [-0.4, -0.2) is 8.42 Å². The summed E-state index contributed by atoms with van der Waals surface area (Å²) in [6.07, 6.45) is 0. The normalized spacial score (nSPS) is 11.9. The minimum absolute atomic E-state index is 0.160. The molecule has 0 unspecified atom stereocenters. The molecule has 0 saturated carbocycles. The summed E-state index contributed by atoms with van der Waals surface area (Å²) in [5, 5.41) is 0. The molecule has 12 heavy (non-hydrogen) atoms. The summed E-state index contributed by atoms with van der Waals surface area (Å²) in [5.41, 5.74) is 0. The van der Waals surface area contributed by atoms with Crippen LogP contribution in [0.3, 0.4) is 0 Å². The van der Waals surface area contributed by atoms with Gasteiger partial charge in [-0.15, -0.1) is 11.3 Å². The Morgan fingerprint density at radius 1 is 1.50 bits per heavy atom. The van der Waals surface area contributed by atoms with E-state index in [1.807, 2.05) is 6.92 Å². The van der Waals surface area contributed by atoms with E-state index in [4.69, 9.17) is 0 Å². The second-order valence-corrected chi connectivity index (χ2v) is 5.33. The maximum absolute atomic E-state index is 11.1. The van der Waals surface area contributed by atoms with Gasteiger partial charge in [0.05, 0.1) is 0 Å². The Labute approximate surface area is 76.1 Å². The Morgan fingerprint density at radius 2 is 2.08 bits per heavy atom. The summed E-state index contributed by atoms with van der Waals surface area (Å²) in [6.45, 7) is 3.54. The molecule has 0 atom stereocenters. The second kappa shape index (κ2) is 3.16. The van der Waals surface area contributed by atoms with Crippen LogP contribution in [0.15, 0.2) is 11.0 Å². The first-order valence-corrected chi connectivity index (χ1v) is 5.40. The van der Waals surface area contributed by atoms with E-state index in [0.717, 1.165) is 4.88 Å². The zero-order chi connectivity index (χ0) is 9.35. The monoisotopic (exact) mass is 204 g/mol. The molecule has 0 fully saturated rings. The van der Waals surface area contributed by atoms with Gasteiger partial charge in [0.2, 0.25) is 0 Å². The highest BCUT2D eigenvalue weighted by molar-refractivity contribution is 7.87. The van der Waals surface area contributed by atoms with Gasteiger partial charge in [-0.1, -0.05) is 0 Å². The van der Waals surface area contributed by atoms with E-state index in [-0.39, 0.29) is 4.90 Å². The lowest BCUT2D eigenvalue weighted by Gasteiger charge is -1.97. The molecule has 0 aliphatic heterocycles. The number of hydrogen-bond donors (Lipinski definition) is 0. The molecule has 5 heteroatoms. The first-order chi connectivity index (χ1) is 5.47. The predicted octanol–water partition coefficient (Wildman–Crippen LogP) is 1.74. The summed E-state index contributed by atoms with van der Waals surface area (Å²) in [4.78, 5) is 1.77. The van der Waals surface area contributed by atoms with E-state index in [9.17, 15) is 8.42 Å². The van der Waals surface area contributed by atoms with Crippen LogP contribution in [0.5, 0.6) is 0 Å². The Balaban J connectivity index is 3.29. The molecule has 0 spiro atoms. The fourth-order valence-electron chi connectivity index (χ4n) is 0.908. The Morgan fingerprint density at radius 3 is 2.42 bits per heavy atom. The van der Waals surface area contributed by atoms with Gasteiger partial charge >= 0.3 is 0 Å². The van der Waals surface area contributed by atoms with Crippen LogP contribution in [-0.2, 0) is 14.3 Å². The van der Waals surface area contributed by atoms with Crippen LogP contribution in [0, 0.1) is 21.0 Å². The van der Waals surface area contributed by atoms with Gasteiger partial charge in [-0.05, 0) is 19.9 Å². The molecule has 0 amide bonds. The number of hydrogen-bond acceptors (Lipinski definition) is 4. The molecule has 1 rings (SSSR count). The van der Waals surface area contributed by atoms with Gasteiger partial charge in [0.25, 0.3) is 10.1 Å². The lowest BCUT2D eigenvalue weighted by molar-refractivity contribution is 0.438. The fourth-order valence-corrected chi connectivity index (χ4v) is 3.01. The molecule has 2 radical (unpaired) electrons. The van der Waals surface area contributed by atoms with Crippen LogP contribution in [0.25, 0.3) is 0 Å². The van der Waals surface area contributed by atoms with Crippen molar-refractivity contribution in [2.45, 2.75) is 18.7 Å². The minimum atomic E-state index is -3.72. The van der Waals surface area contributed by atoms with Gasteiger partial charge in [-0.2, -0.15) is 8.42 Å². The highest BCUT2D eigenvalue weighted by Gasteiger charge is 2.18. The molecule has 0 aliphatic carbocycles. The third-order valence-corrected chi connectivity index (χ3v) is 3.70. The maximum atomic E-state index is 11.1. The molecule has 0 N–H and O–H groups in total. The summed E-state index contributed by atoms with van der Waals surface area (Å²) in [6, 6.07) is 1.54. The molecule has 1 aromatic rings. The molecule has 1 aromatic heterocycles. The van der Waals surface area contributed by atoms with Gasteiger partial charge in [0.1, 0.15) is 12.0 Å². The van der Waals surface area contributed by atoms with Crippen LogP contribution in [0.4, 0.5) is 0 Å². The first-order valence-electron chi connectivity index (χ1n) is 3.18. The van der Waals surface area contributed by atoms with E-state index in [1.54, 1.807) is 13.0 Å². The van der Waals surface area contributed by atoms with Crippen molar-refractivity contribution in [3.63, 3.8) is 0 Å². The minimum Gasteiger partial charge on any atom is -0.257 e. The van der Waals surface area contributed by atoms with Crippen molar-refractivity contribution in [1.29, 1.82) is 0 Å². The van der Waals surface area contributed by atoms with Crippen molar-refractivity contribution in [1.82, 2.24) is 0 Å². The van der Waals surface area contributed by atoms with E-state index in [1.165, 1.54) is 11.3 Å². The van der Waals surface area contributed by atoms with Crippen LogP contribution in [0.2, 0.25) is 0 Å². The van der Waals surface area contributed by atoms with Gasteiger partial charge < -0.3 is 0 Å². The van der Waals surface area contributed by atoms with E-state index in [0.29, 0.717) is 4.88 Å². The van der Waals surface area contributed by atoms with Crippen LogP contribution in [0.1, 0.15) is 9.75 Å². The standard InChI is InChI=1S/C7H8O3S2/c1-5-4-7(6(2)11-5)12(8,9)10-3/h3-4H,1-2H3. The van der Waals surface area contributed by atoms with Crippen molar-refractivity contribution in [3.05, 3.63) is 22.9 Å². The average Bonchev–Trinajstić information content (AvgIpc) is 2.31. The predicted molar refractivity (Wildman–Crippen MR) is 46.4 cm³/mol. The molecule has 0 aliphatic rings. The summed E-state index contributed by atoms with van der Waals surface area (Å²) >= 11 is 1.40. The van der Waals surface area contributed by atoms with E-state index < -0.39 is 10.1 Å². The van der Waals surface area contributed by atoms with Crippen LogP contribution >= 0.6 is 11.3 Å². The smallest absolute Gasteiger partial charge is 0.257 e. The first kappa shape index (κ1) is 9.70. The number of aryl methyl sites for hydroxylation is 2. The molecular weight excluding hydrogens is 196 g/mol. The van der Waals surface area contributed by atoms with Crippen LogP contribution < -0.4 is 0 Å². The molecule has 3 nitrogen and oxygen atoms in total. The van der Waals surface area contributed by atoms with Gasteiger partial charge in [0.15, 0.2) is 0 Å². The zero-order valence-electron chi connectivity index (χ0n) is 6.70. The number of thiophene rings is 1. The maximum Gasteiger partial charge on any atom is 0.298 e. The Hall–Kier alpha value is -0.390. The van der Waals surface area contributed by atoms with Crippen molar-refractivity contribution in [2.24, 2.45) is 0 Å². The summed E-state index contributed by atoms with van der Waals surface area (Å²) in [7, 11) is 0.913. The highest BCUT2D eigenvalue weighted by atomic mass is 32.2. The lowest BCUT2D eigenvalue weighted by Crippen LogP contribution is -2.00. The van der Waals surface area contributed by atoms with Crippen molar-refractivity contribution in [3.8, 4) is 0 Å². The summed E-state index contributed by atoms with van der Waals surface area (Å²) in [5.74, 6) is 0. The van der Waals surface area contributed by atoms with Gasteiger partial charge in [-0.25, -0.2) is 0 Å². The van der Waals surface area contributed by atoms with Crippen molar-refractivity contribution < 1.29 is 12.6 Å². The van der Waals surface area contributed by atoms with E-state index in [2.05, 4.69) is 11.3 Å². The third-order valence-electron chi connectivity index (χ3n) is 1.39. The van der Waals surface area contributed by atoms with Crippen molar-refractivity contribution >= 4 is 21.5 Å². The molecule has 0 bridgehead atoms.